The largest absolute Gasteiger partial charge is 0.396 e. The SMILES string of the molecule is Cl.Cl.Nc1cnc(N)nc1. The lowest BCUT2D eigenvalue weighted by Crippen LogP contribution is -1.94. The van der Waals surface area contributed by atoms with Gasteiger partial charge in [-0.25, -0.2) is 9.97 Å². The van der Waals surface area contributed by atoms with Crippen molar-refractivity contribution in [2.24, 2.45) is 0 Å². The van der Waals surface area contributed by atoms with Gasteiger partial charge in [0, 0.05) is 0 Å². The smallest absolute Gasteiger partial charge is 0.220 e. The molecule has 4 N–H and O–H groups in total. The highest BCUT2D eigenvalue weighted by molar-refractivity contribution is 5.85. The number of nitrogens with two attached hydrogens (primary N) is 2. The van der Waals surface area contributed by atoms with Crippen LogP contribution in [0.1, 0.15) is 0 Å². The van der Waals surface area contributed by atoms with Crippen molar-refractivity contribution in [3.05, 3.63) is 12.4 Å². The van der Waals surface area contributed by atoms with Crippen LogP contribution in [0.3, 0.4) is 0 Å². The van der Waals surface area contributed by atoms with Crippen LogP contribution in [0.15, 0.2) is 12.4 Å². The summed E-state index contributed by atoms with van der Waals surface area (Å²) in [5.74, 6) is 0.249. The number of nitrogens with zero attached hydrogens (tertiary/aromatic N) is 2. The van der Waals surface area contributed by atoms with Crippen LogP contribution in [-0.4, -0.2) is 9.97 Å². The third-order valence-electron chi connectivity index (χ3n) is 0.692. The second-order valence-corrected chi connectivity index (χ2v) is 1.37. The van der Waals surface area contributed by atoms with E-state index in [-0.39, 0.29) is 30.8 Å². The van der Waals surface area contributed by atoms with Crippen molar-refractivity contribution in [1.29, 1.82) is 0 Å². The molecule has 1 aromatic rings. The average molecular weight is 183 g/mol. The summed E-state index contributed by atoms with van der Waals surface area (Å²) in [6, 6.07) is 0. The number of rotatable bonds is 0. The van der Waals surface area contributed by atoms with Gasteiger partial charge in [-0.3, -0.25) is 0 Å². The lowest BCUT2D eigenvalue weighted by atomic mass is 10.6. The highest BCUT2D eigenvalue weighted by atomic mass is 35.5. The maximum atomic E-state index is 5.25. The van der Waals surface area contributed by atoms with Crippen molar-refractivity contribution >= 4 is 36.4 Å². The van der Waals surface area contributed by atoms with Crippen LogP contribution >= 0.6 is 24.8 Å². The molecule has 0 saturated heterocycles. The zero-order chi connectivity index (χ0) is 5.98. The molecule has 4 nitrogen and oxygen atoms in total. The number of hydrogen-bond donors (Lipinski definition) is 2. The third kappa shape index (κ3) is 3.32. The Morgan fingerprint density at radius 3 is 1.70 bits per heavy atom. The van der Waals surface area contributed by atoms with Gasteiger partial charge in [0.15, 0.2) is 0 Å². The van der Waals surface area contributed by atoms with Crippen molar-refractivity contribution in [2.75, 3.05) is 11.5 Å². The zero-order valence-corrected chi connectivity index (χ0v) is 6.65. The van der Waals surface area contributed by atoms with E-state index in [0.717, 1.165) is 0 Å². The molecule has 0 atom stereocenters. The van der Waals surface area contributed by atoms with Crippen LogP contribution in [0.25, 0.3) is 0 Å². The molecule has 6 heteroatoms. The Balaban J connectivity index is 0. The first-order valence-corrected chi connectivity index (χ1v) is 2.12. The molecular weight excluding hydrogens is 175 g/mol. The minimum Gasteiger partial charge on any atom is -0.396 e. The minimum atomic E-state index is 0. The van der Waals surface area contributed by atoms with Gasteiger partial charge >= 0.3 is 0 Å². The fourth-order valence-electron chi connectivity index (χ4n) is 0.348. The lowest BCUT2D eigenvalue weighted by Gasteiger charge is -1.88. The second-order valence-electron chi connectivity index (χ2n) is 1.37. The molecule has 0 aliphatic rings. The lowest BCUT2D eigenvalue weighted by molar-refractivity contribution is 1.19. The van der Waals surface area contributed by atoms with Gasteiger partial charge in [-0.15, -0.1) is 24.8 Å². The fraction of sp³-hybridized carbons (Fsp3) is 0. The van der Waals surface area contributed by atoms with E-state index in [1.807, 2.05) is 0 Å². The van der Waals surface area contributed by atoms with Crippen LogP contribution in [0.5, 0.6) is 0 Å². The monoisotopic (exact) mass is 182 g/mol. The Labute approximate surface area is 70.9 Å². The van der Waals surface area contributed by atoms with Crippen LogP contribution in [0.4, 0.5) is 11.6 Å². The van der Waals surface area contributed by atoms with E-state index in [9.17, 15) is 0 Å². The molecule has 0 aliphatic heterocycles. The molecule has 0 aromatic carbocycles. The topological polar surface area (TPSA) is 77.8 Å². The normalized spacial score (nSPS) is 7.20. The van der Waals surface area contributed by atoms with Crippen LogP contribution in [-0.2, 0) is 0 Å². The van der Waals surface area contributed by atoms with Gasteiger partial charge < -0.3 is 11.5 Å². The average Bonchev–Trinajstić information content (AvgIpc) is 1.77. The van der Waals surface area contributed by atoms with Crippen molar-refractivity contribution in [1.82, 2.24) is 9.97 Å². The van der Waals surface area contributed by atoms with E-state index in [2.05, 4.69) is 9.97 Å². The van der Waals surface area contributed by atoms with Gasteiger partial charge in [0.2, 0.25) is 5.95 Å². The summed E-state index contributed by atoms with van der Waals surface area (Å²) in [5, 5.41) is 0. The molecule has 0 aliphatic carbocycles. The summed E-state index contributed by atoms with van der Waals surface area (Å²) >= 11 is 0. The number of aromatic nitrogens is 2. The summed E-state index contributed by atoms with van der Waals surface area (Å²) in [6.45, 7) is 0. The zero-order valence-electron chi connectivity index (χ0n) is 5.02. The maximum absolute atomic E-state index is 5.25. The number of nitrogen functional groups attached to an aromatic ring is 2. The molecule has 0 radical (unpaired) electrons. The van der Waals surface area contributed by atoms with E-state index in [4.69, 9.17) is 11.5 Å². The van der Waals surface area contributed by atoms with Crippen LogP contribution in [0, 0.1) is 0 Å². The Hall–Kier alpha value is -0.740. The molecule has 0 bridgehead atoms. The molecule has 0 unspecified atom stereocenters. The number of hydrogen-bond acceptors (Lipinski definition) is 4. The van der Waals surface area contributed by atoms with Crippen molar-refractivity contribution in [2.45, 2.75) is 0 Å². The molecule has 0 amide bonds. The molecule has 0 fully saturated rings. The van der Waals surface area contributed by atoms with Gasteiger partial charge in [-0.2, -0.15) is 0 Å². The molecular formula is C4H8Cl2N4. The molecule has 1 rings (SSSR count). The van der Waals surface area contributed by atoms with Gasteiger partial charge in [-0.05, 0) is 0 Å². The van der Waals surface area contributed by atoms with Gasteiger partial charge in [-0.1, -0.05) is 0 Å². The quantitative estimate of drug-likeness (QED) is 0.613. The van der Waals surface area contributed by atoms with Crippen LogP contribution in [0.2, 0.25) is 0 Å². The first-order valence-electron chi connectivity index (χ1n) is 2.12. The standard InChI is InChI=1S/C4H6N4.2ClH/c5-3-1-7-4(6)8-2-3;;/h1-2H,5H2,(H2,6,7,8);2*1H. The molecule has 58 valence electrons. The number of anilines is 2. The van der Waals surface area contributed by atoms with Crippen molar-refractivity contribution < 1.29 is 0 Å². The van der Waals surface area contributed by atoms with Crippen molar-refractivity contribution in [3.63, 3.8) is 0 Å². The first kappa shape index (κ1) is 12.0. The summed E-state index contributed by atoms with van der Waals surface area (Å²) in [4.78, 5) is 7.24. The highest BCUT2D eigenvalue weighted by Gasteiger charge is 1.83. The summed E-state index contributed by atoms with van der Waals surface area (Å²) in [5.41, 5.74) is 10.9. The maximum Gasteiger partial charge on any atom is 0.220 e. The third-order valence-corrected chi connectivity index (χ3v) is 0.692. The van der Waals surface area contributed by atoms with E-state index in [1.165, 1.54) is 12.4 Å². The number of halogens is 2. The molecule has 1 aromatic heterocycles. The Morgan fingerprint density at radius 1 is 1.00 bits per heavy atom. The minimum absolute atomic E-state index is 0. The second kappa shape index (κ2) is 5.08. The van der Waals surface area contributed by atoms with E-state index >= 15 is 0 Å². The summed E-state index contributed by atoms with van der Waals surface area (Å²) in [6.07, 6.45) is 2.92. The molecule has 1 heterocycles. The molecule has 0 spiro atoms. The fourth-order valence-corrected chi connectivity index (χ4v) is 0.348. The van der Waals surface area contributed by atoms with E-state index in [1.54, 1.807) is 0 Å². The van der Waals surface area contributed by atoms with E-state index in [0.29, 0.717) is 5.69 Å². The first-order chi connectivity index (χ1) is 3.79. The van der Waals surface area contributed by atoms with Crippen LogP contribution < -0.4 is 11.5 Å². The van der Waals surface area contributed by atoms with E-state index < -0.39 is 0 Å². The van der Waals surface area contributed by atoms with Gasteiger partial charge in [0.25, 0.3) is 0 Å². The molecule has 0 saturated carbocycles. The summed E-state index contributed by atoms with van der Waals surface area (Å²) < 4.78 is 0. The Kier molecular flexibility index (Phi) is 6.09. The Morgan fingerprint density at radius 2 is 1.40 bits per heavy atom. The Bertz CT molecular complexity index is 154. The summed E-state index contributed by atoms with van der Waals surface area (Å²) in [7, 11) is 0. The van der Waals surface area contributed by atoms with Crippen molar-refractivity contribution in [3.8, 4) is 0 Å². The predicted octanol–water partition coefficient (Wildman–Crippen LogP) is 0.485. The predicted molar refractivity (Wildman–Crippen MR) is 45.4 cm³/mol. The van der Waals surface area contributed by atoms with Gasteiger partial charge in [0.1, 0.15) is 0 Å². The molecule has 10 heavy (non-hydrogen) atoms. The highest BCUT2D eigenvalue weighted by Crippen LogP contribution is 1.94. The van der Waals surface area contributed by atoms with Gasteiger partial charge in [0.05, 0.1) is 18.1 Å².